The molecule has 3 rings (SSSR count). The van der Waals surface area contributed by atoms with Crippen LogP contribution in [-0.2, 0) is 4.79 Å². The molecule has 2 saturated carbocycles. The minimum absolute atomic E-state index is 0.125. The third-order valence-electron chi connectivity index (χ3n) is 4.20. The molecule has 0 aliphatic heterocycles. The number of carbonyl (C=O) groups excluding carboxylic acids is 1. The van der Waals surface area contributed by atoms with E-state index in [1.165, 1.54) is 19.3 Å². The molecule has 2 bridgehead atoms. The minimum Gasteiger partial charge on any atom is -0.326 e. The van der Waals surface area contributed by atoms with Crippen LogP contribution in [0.2, 0.25) is 10.0 Å². The van der Waals surface area contributed by atoms with Gasteiger partial charge in [-0.1, -0.05) is 29.6 Å². The van der Waals surface area contributed by atoms with Gasteiger partial charge in [0.15, 0.2) is 0 Å². The van der Waals surface area contributed by atoms with Crippen molar-refractivity contribution < 1.29 is 4.79 Å². The Labute approximate surface area is 117 Å². The van der Waals surface area contributed by atoms with Crippen molar-refractivity contribution in [2.45, 2.75) is 25.7 Å². The average Bonchev–Trinajstić information content (AvgIpc) is 2.88. The summed E-state index contributed by atoms with van der Waals surface area (Å²) in [5, 5.41) is 4.04. The molecule has 4 heteroatoms. The number of halogens is 2. The standard InChI is InChI=1S/C14H15Cl2NO/c15-10-5-11(16)7-12(6-10)17-14(18)13-4-8-1-2-9(13)3-8/h5-9,13H,1-4H2,(H,17,18). The minimum atomic E-state index is 0.125. The van der Waals surface area contributed by atoms with Gasteiger partial charge in [0.1, 0.15) is 0 Å². The summed E-state index contributed by atoms with van der Waals surface area (Å²) in [5.41, 5.74) is 0.695. The number of rotatable bonds is 2. The van der Waals surface area contributed by atoms with Crippen molar-refractivity contribution in [1.29, 1.82) is 0 Å². The second kappa shape index (κ2) is 4.75. The highest BCUT2D eigenvalue weighted by molar-refractivity contribution is 6.35. The molecular formula is C14H15Cl2NO. The van der Waals surface area contributed by atoms with Gasteiger partial charge in [-0.25, -0.2) is 0 Å². The molecule has 1 N–H and O–H groups in total. The number of benzene rings is 1. The van der Waals surface area contributed by atoms with Gasteiger partial charge in [-0.15, -0.1) is 0 Å². The van der Waals surface area contributed by atoms with E-state index in [0.717, 1.165) is 12.3 Å². The Kier molecular flexibility index (Phi) is 3.25. The molecule has 2 aliphatic carbocycles. The molecule has 18 heavy (non-hydrogen) atoms. The lowest BCUT2D eigenvalue weighted by Gasteiger charge is -2.20. The van der Waals surface area contributed by atoms with Crippen LogP contribution >= 0.6 is 23.2 Å². The first-order valence-corrected chi connectivity index (χ1v) is 7.14. The van der Waals surface area contributed by atoms with Gasteiger partial charge in [-0.05, 0) is 49.3 Å². The quantitative estimate of drug-likeness (QED) is 0.858. The maximum absolute atomic E-state index is 12.2. The lowest BCUT2D eigenvalue weighted by atomic mass is 9.88. The molecule has 0 spiro atoms. The number of fused-ring (bicyclic) bond motifs is 2. The predicted molar refractivity (Wildman–Crippen MR) is 74.0 cm³/mol. The number of carbonyl (C=O) groups is 1. The SMILES string of the molecule is O=C(Nc1cc(Cl)cc(Cl)c1)C1CC2CCC1C2. The van der Waals surface area contributed by atoms with E-state index in [9.17, 15) is 4.79 Å². The largest absolute Gasteiger partial charge is 0.326 e. The molecule has 0 heterocycles. The molecule has 1 aromatic carbocycles. The third-order valence-corrected chi connectivity index (χ3v) is 4.64. The summed E-state index contributed by atoms with van der Waals surface area (Å²) in [6, 6.07) is 5.13. The van der Waals surface area contributed by atoms with Crippen LogP contribution in [0.3, 0.4) is 0 Å². The van der Waals surface area contributed by atoms with Crippen LogP contribution in [0.15, 0.2) is 18.2 Å². The van der Waals surface area contributed by atoms with Crippen molar-refractivity contribution in [2.75, 3.05) is 5.32 Å². The van der Waals surface area contributed by atoms with Gasteiger partial charge in [0, 0.05) is 21.7 Å². The Bertz CT molecular complexity index is 468. The van der Waals surface area contributed by atoms with Gasteiger partial charge in [0.25, 0.3) is 0 Å². The molecule has 2 nitrogen and oxygen atoms in total. The second-order valence-corrected chi connectivity index (χ2v) is 6.30. The highest BCUT2D eigenvalue weighted by atomic mass is 35.5. The van der Waals surface area contributed by atoms with E-state index in [-0.39, 0.29) is 11.8 Å². The number of amides is 1. The maximum atomic E-state index is 12.2. The molecule has 2 aliphatic rings. The number of anilines is 1. The molecule has 0 radical (unpaired) electrons. The van der Waals surface area contributed by atoms with Crippen molar-refractivity contribution in [3.63, 3.8) is 0 Å². The summed E-state index contributed by atoms with van der Waals surface area (Å²) in [6.45, 7) is 0. The van der Waals surface area contributed by atoms with Crippen LogP contribution in [0.1, 0.15) is 25.7 Å². The van der Waals surface area contributed by atoms with Crippen molar-refractivity contribution in [3.8, 4) is 0 Å². The van der Waals surface area contributed by atoms with E-state index in [4.69, 9.17) is 23.2 Å². The Morgan fingerprint density at radius 1 is 1.11 bits per heavy atom. The summed E-state index contributed by atoms with van der Waals surface area (Å²) in [5.74, 6) is 1.67. The van der Waals surface area contributed by atoms with E-state index in [0.29, 0.717) is 21.7 Å². The molecule has 2 fully saturated rings. The van der Waals surface area contributed by atoms with Gasteiger partial charge < -0.3 is 5.32 Å². The molecule has 3 unspecified atom stereocenters. The van der Waals surface area contributed by atoms with Gasteiger partial charge in [-0.3, -0.25) is 4.79 Å². The first-order chi connectivity index (χ1) is 8.61. The second-order valence-electron chi connectivity index (χ2n) is 5.43. The smallest absolute Gasteiger partial charge is 0.227 e. The van der Waals surface area contributed by atoms with Crippen molar-refractivity contribution in [1.82, 2.24) is 0 Å². The summed E-state index contributed by atoms with van der Waals surface area (Å²) in [6.07, 6.45) is 4.79. The van der Waals surface area contributed by atoms with Crippen LogP contribution in [0.4, 0.5) is 5.69 Å². The number of nitrogens with one attached hydrogen (secondary N) is 1. The normalized spacial score (nSPS) is 29.6. The van der Waals surface area contributed by atoms with Gasteiger partial charge in [-0.2, -0.15) is 0 Å². The number of hydrogen-bond acceptors (Lipinski definition) is 1. The van der Waals surface area contributed by atoms with E-state index in [1.54, 1.807) is 18.2 Å². The number of hydrogen-bond donors (Lipinski definition) is 1. The topological polar surface area (TPSA) is 29.1 Å². The summed E-state index contributed by atoms with van der Waals surface area (Å²) in [7, 11) is 0. The van der Waals surface area contributed by atoms with E-state index in [2.05, 4.69) is 5.32 Å². The highest BCUT2D eigenvalue weighted by Crippen LogP contribution is 2.48. The predicted octanol–water partition coefficient (Wildman–Crippen LogP) is 4.37. The third kappa shape index (κ3) is 2.36. The average molecular weight is 284 g/mol. The van der Waals surface area contributed by atoms with Crippen molar-refractivity contribution in [2.24, 2.45) is 17.8 Å². The fraction of sp³-hybridized carbons (Fsp3) is 0.500. The maximum Gasteiger partial charge on any atom is 0.227 e. The zero-order valence-electron chi connectivity index (χ0n) is 9.96. The lowest BCUT2D eigenvalue weighted by Crippen LogP contribution is -2.27. The Morgan fingerprint density at radius 3 is 2.39 bits per heavy atom. The van der Waals surface area contributed by atoms with Gasteiger partial charge in [0.05, 0.1) is 0 Å². The molecule has 1 amide bonds. The molecule has 1 aromatic rings. The molecule has 0 aromatic heterocycles. The summed E-state index contributed by atoms with van der Waals surface area (Å²) < 4.78 is 0. The van der Waals surface area contributed by atoms with Gasteiger partial charge >= 0.3 is 0 Å². The van der Waals surface area contributed by atoms with Crippen LogP contribution in [0.25, 0.3) is 0 Å². The zero-order valence-corrected chi connectivity index (χ0v) is 11.5. The van der Waals surface area contributed by atoms with Crippen LogP contribution in [0.5, 0.6) is 0 Å². The molecular weight excluding hydrogens is 269 g/mol. The first kappa shape index (κ1) is 12.3. The molecule has 0 saturated heterocycles. The monoisotopic (exact) mass is 283 g/mol. The Balaban J connectivity index is 1.70. The fourth-order valence-electron chi connectivity index (χ4n) is 3.43. The van der Waals surface area contributed by atoms with Crippen LogP contribution in [-0.4, -0.2) is 5.91 Å². The van der Waals surface area contributed by atoms with Crippen LogP contribution in [0, 0.1) is 17.8 Å². The van der Waals surface area contributed by atoms with E-state index < -0.39 is 0 Å². The van der Waals surface area contributed by atoms with Crippen LogP contribution < -0.4 is 5.32 Å². The zero-order chi connectivity index (χ0) is 12.7. The summed E-state index contributed by atoms with van der Waals surface area (Å²) >= 11 is 11.8. The van der Waals surface area contributed by atoms with E-state index >= 15 is 0 Å². The van der Waals surface area contributed by atoms with Crippen molar-refractivity contribution >= 4 is 34.8 Å². The van der Waals surface area contributed by atoms with Crippen molar-refractivity contribution in [3.05, 3.63) is 28.2 Å². The van der Waals surface area contributed by atoms with Gasteiger partial charge in [0.2, 0.25) is 5.91 Å². The lowest BCUT2D eigenvalue weighted by molar-refractivity contribution is -0.121. The Hall–Kier alpha value is -0.730. The van der Waals surface area contributed by atoms with E-state index in [1.807, 2.05) is 0 Å². The summed E-state index contributed by atoms with van der Waals surface area (Å²) in [4.78, 5) is 12.2. The molecule has 96 valence electrons. The first-order valence-electron chi connectivity index (χ1n) is 6.39. The highest BCUT2D eigenvalue weighted by Gasteiger charge is 2.42. The fourth-order valence-corrected chi connectivity index (χ4v) is 3.95. The Morgan fingerprint density at radius 2 is 1.83 bits per heavy atom. The molecule has 3 atom stereocenters.